The molecule has 0 aromatic carbocycles. The van der Waals surface area contributed by atoms with Crippen molar-refractivity contribution in [2.75, 3.05) is 13.1 Å². The van der Waals surface area contributed by atoms with Gasteiger partial charge in [-0.15, -0.1) is 0 Å². The van der Waals surface area contributed by atoms with Gasteiger partial charge >= 0.3 is 0 Å². The molecule has 1 atom stereocenters. The summed E-state index contributed by atoms with van der Waals surface area (Å²) in [6.07, 6.45) is 8.27. The van der Waals surface area contributed by atoms with Crippen molar-refractivity contribution in [3.05, 3.63) is 35.8 Å². The van der Waals surface area contributed by atoms with Crippen LogP contribution in [0.1, 0.15) is 43.5 Å². The van der Waals surface area contributed by atoms with Crippen molar-refractivity contribution in [1.29, 1.82) is 0 Å². The molecule has 1 saturated heterocycles. The van der Waals surface area contributed by atoms with Gasteiger partial charge in [-0.3, -0.25) is 4.90 Å². The number of likely N-dealkylation sites (tertiary alicyclic amines) is 1. The van der Waals surface area contributed by atoms with Crippen LogP contribution in [0.2, 0.25) is 0 Å². The van der Waals surface area contributed by atoms with Gasteiger partial charge in [0.15, 0.2) is 0 Å². The summed E-state index contributed by atoms with van der Waals surface area (Å²) in [6, 6.07) is 4.76. The summed E-state index contributed by atoms with van der Waals surface area (Å²) in [4.78, 5) is 7.35. The van der Waals surface area contributed by atoms with Gasteiger partial charge in [0.1, 0.15) is 5.65 Å². The Labute approximate surface area is 108 Å². The minimum atomic E-state index is 0.518. The lowest BCUT2D eigenvalue weighted by atomic mass is 10.00. The summed E-state index contributed by atoms with van der Waals surface area (Å²) in [7, 11) is 0. The van der Waals surface area contributed by atoms with E-state index in [9.17, 15) is 0 Å². The minimum absolute atomic E-state index is 0.518. The van der Waals surface area contributed by atoms with Gasteiger partial charge in [0.05, 0.1) is 11.7 Å². The van der Waals surface area contributed by atoms with E-state index in [4.69, 9.17) is 4.98 Å². The molecule has 0 N–H and O–H groups in total. The van der Waals surface area contributed by atoms with Crippen LogP contribution in [0, 0.1) is 6.92 Å². The second-order valence-electron chi connectivity index (χ2n) is 5.28. The van der Waals surface area contributed by atoms with Crippen LogP contribution < -0.4 is 0 Å². The highest BCUT2D eigenvalue weighted by Gasteiger charge is 2.24. The molecule has 3 nitrogen and oxygen atoms in total. The summed E-state index contributed by atoms with van der Waals surface area (Å²) < 4.78 is 2.16. The zero-order valence-corrected chi connectivity index (χ0v) is 11.3. The second-order valence-corrected chi connectivity index (χ2v) is 5.28. The largest absolute Gasteiger partial charge is 0.306 e. The Bertz CT molecular complexity index is 544. The molecule has 3 rings (SSSR count). The number of rotatable bonds is 2. The molecule has 0 bridgehead atoms. The van der Waals surface area contributed by atoms with Crippen molar-refractivity contribution in [1.82, 2.24) is 14.3 Å². The van der Waals surface area contributed by atoms with E-state index < -0.39 is 0 Å². The molecule has 0 spiro atoms. The maximum Gasteiger partial charge on any atom is 0.137 e. The molecule has 0 saturated carbocycles. The van der Waals surface area contributed by atoms with Gasteiger partial charge < -0.3 is 4.40 Å². The number of hydrogen-bond acceptors (Lipinski definition) is 2. The number of imidazole rings is 1. The third-order valence-electron chi connectivity index (χ3n) is 3.98. The highest BCUT2D eigenvalue weighted by atomic mass is 15.2. The summed E-state index contributed by atoms with van der Waals surface area (Å²) in [5.74, 6) is 0. The zero-order chi connectivity index (χ0) is 12.5. The fraction of sp³-hybridized carbons (Fsp3) is 0.533. The number of nitrogens with zero attached hydrogens (tertiary/aromatic N) is 3. The topological polar surface area (TPSA) is 20.5 Å². The molecule has 3 heteroatoms. The third-order valence-corrected chi connectivity index (χ3v) is 3.98. The number of fused-ring (bicyclic) bond motifs is 1. The standard InChI is InChI=1S/C15H21N3/c1-3-17-9-5-4-6-14(17)13-11-18-10-12(2)7-8-15(18)16-13/h7-8,10-11,14H,3-6,9H2,1-2H3. The van der Waals surface area contributed by atoms with Crippen LogP contribution in [0.4, 0.5) is 0 Å². The first-order chi connectivity index (χ1) is 8.78. The monoisotopic (exact) mass is 243 g/mol. The Morgan fingerprint density at radius 2 is 2.17 bits per heavy atom. The molecule has 1 aliphatic heterocycles. The van der Waals surface area contributed by atoms with Crippen LogP contribution in [-0.2, 0) is 0 Å². The first kappa shape index (κ1) is 11.7. The summed E-state index contributed by atoms with van der Waals surface area (Å²) in [5.41, 5.74) is 3.59. The fourth-order valence-electron chi connectivity index (χ4n) is 2.99. The van der Waals surface area contributed by atoms with E-state index in [2.05, 4.69) is 47.7 Å². The van der Waals surface area contributed by atoms with Gasteiger partial charge in [-0.1, -0.05) is 19.4 Å². The van der Waals surface area contributed by atoms with Gasteiger partial charge in [-0.2, -0.15) is 0 Å². The summed E-state index contributed by atoms with van der Waals surface area (Å²) in [5, 5.41) is 0. The second kappa shape index (κ2) is 4.73. The maximum atomic E-state index is 4.80. The van der Waals surface area contributed by atoms with Gasteiger partial charge in [-0.25, -0.2) is 4.98 Å². The molecule has 18 heavy (non-hydrogen) atoms. The predicted octanol–water partition coefficient (Wildman–Crippen LogP) is 3.19. The Hall–Kier alpha value is -1.35. The van der Waals surface area contributed by atoms with Crippen LogP contribution in [0.25, 0.3) is 5.65 Å². The average molecular weight is 243 g/mol. The normalized spacial score (nSPS) is 21.6. The molecule has 0 radical (unpaired) electrons. The van der Waals surface area contributed by atoms with Gasteiger partial charge in [0, 0.05) is 12.4 Å². The molecule has 0 amide bonds. The molecule has 1 aliphatic rings. The maximum absolute atomic E-state index is 4.80. The van der Waals surface area contributed by atoms with E-state index in [0.29, 0.717) is 6.04 Å². The quantitative estimate of drug-likeness (QED) is 0.807. The van der Waals surface area contributed by atoms with E-state index in [0.717, 1.165) is 12.2 Å². The SMILES string of the molecule is CCN1CCCCC1c1cn2cc(C)ccc2n1. The lowest BCUT2D eigenvalue weighted by Crippen LogP contribution is -2.33. The third kappa shape index (κ3) is 2.03. The van der Waals surface area contributed by atoms with Crippen LogP contribution in [0.15, 0.2) is 24.5 Å². The van der Waals surface area contributed by atoms with E-state index in [1.165, 1.54) is 37.1 Å². The molecule has 3 heterocycles. The van der Waals surface area contributed by atoms with E-state index in [-0.39, 0.29) is 0 Å². The zero-order valence-electron chi connectivity index (χ0n) is 11.3. The van der Waals surface area contributed by atoms with Crippen LogP contribution >= 0.6 is 0 Å². The van der Waals surface area contributed by atoms with Crippen molar-refractivity contribution in [2.24, 2.45) is 0 Å². The molecule has 2 aromatic rings. The van der Waals surface area contributed by atoms with Gasteiger partial charge in [0.2, 0.25) is 0 Å². The van der Waals surface area contributed by atoms with Gasteiger partial charge in [0.25, 0.3) is 0 Å². The van der Waals surface area contributed by atoms with E-state index >= 15 is 0 Å². The Morgan fingerprint density at radius 3 is 3.00 bits per heavy atom. The molecule has 96 valence electrons. The molecule has 0 aliphatic carbocycles. The number of aromatic nitrogens is 2. The average Bonchev–Trinajstić information content (AvgIpc) is 2.81. The number of pyridine rings is 1. The minimum Gasteiger partial charge on any atom is -0.306 e. The molecule has 2 aromatic heterocycles. The van der Waals surface area contributed by atoms with E-state index in [1.807, 2.05) is 0 Å². The summed E-state index contributed by atoms with van der Waals surface area (Å²) >= 11 is 0. The Kier molecular flexibility index (Phi) is 3.08. The number of hydrogen-bond donors (Lipinski definition) is 0. The lowest BCUT2D eigenvalue weighted by molar-refractivity contribution is 0.154. The fourth-order valence-corrected chi connectivity index (χ4v) is 2.99. The Morgan fingerprint density at radius 1 is 1.28 bits per heavy atom. The molecular formula is C15H21N3. The summed E-state index contributed by atoms with van der Waals surface area (Å²) in [6.45, 7) is 6.71. The van der Waals surface area contributed by atoms with Crippen LogP contribution in [-0.4, -0.2) is 27.4 Å². The van der Waals surface area contributed by atoms with E-state index in [1.54, 1.807) is 0 Å². The van der Waals surface area contributed by atoms with Crippen molar-refractivity contribution in [3.8, 4) is 0 Å². The number of aryl methyl sites for hydroxylation is 1. The van der Waals surface area contributed by atoms with Crippen LogP contribution in [0.5, 0.6) is 0 Å². The van der Waals surface area contributed by atoms with Crippen LogP contribution in [0.3, 0.4) is 0 Å². The number of piperidine rings is 1. The lowest BCUT2D eigenvalue weighted by Gasteiger charge is -2.33. The highest BCUT2D eigenvalue weighted by molar-refractivity contribution is 5.41. The first-order valence-electron chi connectivity index (χ1n) is 6.97. The van der Waals surface area contributed by atoms with Crippen molar-refractivity contribution >= 4 is 5.65 Å². The molecule has 1 fully saturated rings. The van der Waals surface area contributed by atoms with Crippen molar-refractivity contribution in [3.63, 3.8) is 0 Å². The smallest absolute Gasteiger partial charge is 0.137 e. The predicted molar refractivity (Wildman–Crippen MR) is 73.8 cm³/mol. The highest BCUT2D eigenvalue weighted by Crippen LogP contribution is 2.30. The van der Waals surface area contributed by atoms with Crippen molar-refractivity contribution < 1.29 is 0 Å². The Balaban J connectivity index is 1.97. The molecular weight excluding hydrogens is 222 g/mol. The molecule has 1 unspecified atom stereocenters. The van der Waals surface area contributed by atoms with Crippen molar-refractivity contribution in [2.45, 2.75) is 39.2 Å². The first-order valence-corrected chi connectivity index (χ1v) is 6.97. The van der Waals surface area contributed by atoms with Gasteiger partial charge in [-0.05, 0) is 44.5 Å².